The maximum absolute atomic E-state index is 12.8. The summed E-state index contributed by atoms with van der Waals surface area (Å²) < 4.78 is 22.8. The van der Waals surface area contributed by atoms with Crippen molar-refractivity contribution in [2.75, 3.05) is 19.7 Å². The average molecular weight is 505 g/mol. The molecule has 0 unspecified atom stereocenters. The Labute approximate surface area is 216 Å². The second kappa shape index (κ2) is 11.0. The molecule has 1 saturated heterocycles. The van der Waals surface area contributed by atoms with Crippen molar-refractivity contribution in [3.63, 3.8) is 0 Å². The second-order valence-corrected chi connectivity index (χ2v) is 10.1. The minimum atomic E-state index is -0.553. The molecule has 8 heteroatoms. The van der Waals surface area contributed by atoms with Crippen LogP contribution in [0.2, 0.25) is 0 Å². The monoisotopic (exact) mass is 504 g/mol. The molecular weight excluding hydrogens is 472 g/mol. The van der Waals surface area contributed by atoms with Crippen LogP contribution in [0.25, 0.3) is 11.0 Å². The van der Waals surface area contributed by atoms with Crippen molar-refractivity contribution < 1.29 is 28.2 Å². The van der Waals surface area contributed by atoms with Gasteiger partial charge in [-0.05, 0) is 76.1 Å². The molecule has 2 heterocycles. The van der Waals surface area contributed by atoms with Crippen LogP contribution >= 0.6 is 0 Å². The zero-order valence-corrected chi connectivity index (χ0v) is 21.7. The Kier molecular flexibility index (Phi) is 7.72. The van der Waals surface area contributed by atoms with Crippen LogP contribution in [0.1, 0.15) is 61.4 Å². The molecule has 0 aliphatic carbocycles. The molecule has 1 fully saturated rings. The highest BCUT2D eigenvalue weighted by molar-refractivity contribution is 5.91. The van der Waals surface area contributed by atoms with E-state index in [2.05, 4.69) is 6.07 Å². The Morgan fingerprint density at radius 2 is 1.95 bits per heavy atom. The Morgan fingerprint density at radius 1 is 1.14 bits per heavy atom. The molecule has 4 rings (SSSR count). The van der Waals surface area contributed by atoms with Crippen LogP contribution in [-0.4, -0.2) is 48.4 Å². The van der Waals surface area contributed by atoms with Crippen molar-refractivity contribution in [3.05, 3.63) is 64.9 Å². The molecule has 1 amide bonds. The van der Waals surface area contributed by atoms with Gasteiger partial charge in [0.1, 0.15) is 28.8 Å². The number of hydrogen-bond acceptors (Lipinski definition) is 7. The number of likely N-dealkylation sites (tertiary alicyclic amines) is 1. The Bertz CT molecular complexity index is 1330. The average Bonchev–Trinajstić information content (AvgIpc) is 3.48. The SMILES string of the molecule is CCOC(=O)c1cc(O[C@H]2CCN(C(=O)OC(C)(C)C)C2)ccc1CCc1cc2cc(C#N)ccc2o1. The summed E-state index contributed by atoms with van der Waals surface area (Å²) >= 11 is 0. The number of ether oxygens (including phenoxy) is 3. The summed E-state index contributed by atoms with van der Waals surface area (Å²) in [6.07, 6.45) is 1.28. The fourth-order valence-electron chi connectivity index (χ4n) is 4.30. The van der Waals surface area contributed by atoms with Crippen molar-refractivity contribution in [1.29, 1.82) is 5.26 Å². The van der Waals surface area contributed by atoms with Crippen LogP contribution in [-0.2, 0) is 22.3 Å². The van der Waals surface area contributed by atoms with E-state index in [1.54, 1.807) is 36.1 Å². The van der Waals surface area contributed by atoms with Gasteiger partial charge in [0, 0.05) is 24.8 Å². The number of benzene rings is 2. The number of carbonyl (C=O) groups excluding carboxylic acids is 2. The molecule has 37 heavy (non-hydrogen) atoms. The minimum absolute atomic E-state index is 0.192. The van der Waals surface area contributed by atoms with Gasteiger partial charge in [0.15, 0.2) is 0 Å². The summed E-state index contributed by atoms with van der Waals surface area (Å²) in [6, 6.07) is 14.8. The lowest BCUT2D eigenvalue weighted by Gasteiger charge is -2.24. The number of fused-ring (bicyclic) bond motifs is 1. The first-order chi connectivity index (χ1) is 17.6. The normalized spacial score (nSPS) is 15.4. The molecular formula is C29H32N2O6. The van der Waals surface area contributed by atoms with E-state index in [4.69, 9.17) is 23.9 Å². The predicted molar refractivity (Wildman–Crippen MR) is 138 cm³/mol. The topological polar surface area (TPSA) is 102 Å². The van der Waals surface area contributed by atoms with Gasteiger partial charge >= 0.3 is 12.1 Å². The van der Waals surface area contributed by atoms with Crippen LogP contribution in [0.5, 0.6) is 5.75 Å². The lowest BCUT2D eigenvalue weighted by Crippen LogP contribution is -2.36. The number of rotatable bonds is 7. The Balaban J connectivity index is 1.45. The van der Waals surface area contributed by atoms with Gasteiger partial charge in [-0.1, -0.05) is 6.07 Å². The molecule has 194 valence electrons. The number of aryl methyl sites for hydroxylation is 2. The van der Waals surface area contributed by atoms with E-state index in [-0.39, 0.29) is 18.8 Å². The number of esters is 1. The molecule has 0 saturated carbocycles. The van der Waals surface area contributed by atoms with Crippen LogP contribution in [0.3, 0.4) is 0 Å². The van der Waals surface area contributed by atoms with Gasteiger partial charge in [-0.15, -0.1) is 0 Å². The molecule has 0 radical (unpaired) electrons. The van der Waals surface area contributed by atoms with Crippen LogP contribution < -0.4 is 4.74 Å². The van der Waals surface area contributed by atoms with E-state index >= 15 is 0 Å². The second-order valence-electron chi connectivity index (χ2n) is 10.1. The van der Waals surface area contributed by atoms with Gasteiger partial charge in [-0.25, -0.2) is 9.59 Å². The third-order valence-electron chi connectivity index (χ3n) is 6.01. The molecule has 1 aromatic heterocycles. The zero-order valence-electron chi connectivity index (χ0n) is 21.7. The van der Waals surface area contributed by atoms with Gasteiger partial charge in [0.2, 0.25) is 0 Å². The van der Waals surface area contributed by atoms with Crippen molar-refractivity contribution >= 4 is 23.0 Å². The van der Waals surface area contributed by atoms with Gasteiger partial charge < -0.3 is 23.5 Å². The maximum Gasteiger partial charge on any atom is 0.410 e. The van der Waals surface area contributed by atoms with Gasteiger partial charge in [0.05, 0.1) is 30.3 Å². The van der Waals surface area contributed by atoms with Crippen molar-refractivity contribution in [2.24, 2.45) is 0 Å². The van der Waals surface area contributed by atoms with E-state index in [0.29, 0.717) is 49.2 Å². The quantitative estimate of drug-likeness (QED) is 0.383. The lowest BCUT2D eigenvalue weighted by atomic mass is 10.0. The summed E-state index contributed by atoms with van der Waals surface area (Å²) in [6.45, 7) is 8.53. The van der Waals surface area contributed by atoms with Crippen LogP contribution in [0.4, 0.5) is 4.79 Å². The molecule has 1 atom stereocenters. The van der Waals surface area contributed by atoms with E-state index in [9.17, 15) is 9.59 Å². The molecule has 8 nitrogen and oxygen atoms in total. The van der Waals surface area contributed by atoms with Crippen molar-refractivity contribution in [1.82, 2.24) is 4.90 Å². The highest BCUT2D eigenvalue weighted by atomic mass is 16.6. The zero-order chi connectivity index (χ0) is 26.6. The first kappa shape index (κ1) is 26.1. The summed E-state index contributed by atoms with van der Waals surface area (Å²) in [5.41, 5.74) is 2.02. The third-order valence-corrected chi connectivity index (χ3v) is 6.01. The Morgan fingerprint density at radius 3 is 2.68 bits per heavy atom. The minimum Gasteiger partial charge on any atom is -0.488 e. The molecule has 0 bridgehead atoms. The van der Waals surface area contributed by atoms with E-state index < -0.39 is 11.6 Å². The third kappa shape index (κ3) is 6.62. The number of amides is 1. The first-order valence-corrected chi connectivity index (χ1v) is 12.5. The molecule has 1 aliphatic heterocycles. The molecule has 3 aromatic rings. The van der Waals surface area contributed by atoms with Crippen molar-refractivity contribution in [3.8, 4) is 11.8 Å². The number of hydrogen-bond donors (Lipinski definition) is 0. The smallest absolute Gasteiger partial charge is 0.410 e. The number of nitrogens with zero attached hydrogens (tertiary/aromatic N) is 2. The summed E-state index contributed by atoms with van der Waals surface area (Å²) in [4.78, 5) is 26.8. The lowest BCUT2D eigenvalue weighted by molar-refractivity contribution is 0.0275. The summed E-state index contributed by atoms with van der Waals surface area (Å²) in [7, 11) is 0. The van der Waals surface area contributed by atoms with E-state index in [1.807, 2.05) is 39.0 Å². The largest absolute Gasteiger partial charge is 0.488 e. The van der Waals surface area contributed by atoms with Gasteiger partial charge in [0.25, 0.3) is 0 Å². The first-order valence-electron chi connectivity index (χ1n) is 12.5. The van der Waals surface area contributed by atoms with Crippen LogP contribution in [0, 0.1) is 11.3 Å². The van der Waals surface area contributed by atoms with E-state index in [1.165, 1.54) is 0 Å². The molecule has 2 aromatic carbocycles. The fourth-order valence-corrected chi connectivity index (χ4v) is 4.30. The standard InChI is InChI=1S/C29H32N2O6/c1-5-34-27(32)25-16-23(35-24-12-13-31(18-24)28(33)37-29(2,3)4)10-8-20(25)7-9-22-15-21-14-19(17-30)6-11-26(21)36-22/h6,8,10-11,14-16,24H,5,7,9,12-13,18H2,1-4H3/t24-/m0/s1. The number of carbonyl (C=O) groups is 2. The fraction of sp³-hybridized carbons (Fsp3) is 0.414. The molecule has 0 N–H and O–H groups in total. The molecule has 1 aliphatic rings. The van der Waals surface area contributed by atoms with Crippen molar-refractivity contribution in [2.45, 2.75) is 58.7 Å². The van der Waals surface area contributed by atoms with Crippen LogP contribution in [0.15, 0.2) is 46.9 Å². The highest BCUT2D eigenvalue weighted by Gasteiger charge is 2.31. The summed E-state index contributed by atoms with van der Waals surface area (Å²) in [5, 5.41) is 9.99. The number of furan rings is 1. The van der Waals surface area contributed by atoms with E-state index in [0.717, 1.165) is 22.3 Å². The maximum atomic E-state index is 12.8. The van der Waals surface area contributed by atoms with Gasteiger partial charge in [-0.2, -0.15) is 5.26 Å². The Hall–Kier alpha value is -3.99. The number of nitriles is 1. The van der Waals surface area contributed by atoms with Gasteiger partial charge in [-0.3, -0.25) is 0 Å². The predicted octanol–water partition coefficient (Wildman–Crippen LogP) is 5.65. The summed E-state index contributed by atoms with van der Waals surface area (Å²) in [5.74, 6) is 0.914. The highest BCUT2D eigenvalue weighted by Crippen LogP contribution is 2.26. The molecule has 0 spiro atoms.